The monoisotopic (exact) mass is 1140 g/mol. The van der Waals surface area contributed by atoms with Gasteiger partial charge >= 0.3 is 22.8 Å². The van der Waals surface area contributed by atoms with Crippen LogP contribution in [0.2, 0.25) is 0 Å². The van der Waals surface area contributed by atoms with Crippen molar-refractivity contribution in [3.63, 3.8) is 0 Å². The van der Waals surface area contributed by atoms with Crippen molar-refractivity contribution in [1.29, 1.82) is 0 Å². The Kier molecular flexibility index (Phi) is 19.6. The van der Waals surface area contributed by atoms with E-state index in [4.69, 9.17) is 90.4 Å². The maximum Gasteiger partial charge on any atom is 0.351 e. The summed E-state index contributed by atoms with van der Waals surface area (Å²) in [6, 6.07) is 4.96. The lowest BCUT2D eigenvalue weighted by molar-refractivity contribution is -0.138. The van der Waals surface area contributed by atoms with E-state index in [0.717, 1.165) is 21.5 Å². The first-order valence-corrected chi connectivity index (χ1v) is 24.6. The summed E-state index contributed by atoms with van der Waals surface area (Å²) >= 11 is 24.6. The van der Waals surface area contributed by atoms with Crippen molar-refractivity contribution in [2.45, 2.75) is 122 Å². The van der Waals surface area contributed by atoms with E-state index in [0.29, 0.717) is 12.8 Å². The van der Waals surface area contributed by atoms with E-state index in [1.54, 1.807) is 0 Å². The molecule has 0 saturated carbocycles. The third-order valence-electron chi connectivity index (χ3n) is 13.4. The second-order valence-corrected chi connectivity index (χ2v) is 19.6. The van der Waals surface area contributed by atoms with Crippen LogP contribution in [0.25, 0.3) is 0 Å². The average molecular weight is 1140 g/mol. The Labute approximate surface area is 450 Å². The molecule has 0 radical (unpaired) electrons. The number of aliphatic hydroxyl groups excluding tert-OH is 4. The molecule has 25 nitrogen and oxygen atoms in total. The molecule has 0 unspecified atom stereocenters. The fourth-order valence-corrected chi connectivity index (χ4v) is 10.1. The van der Waals surface area contributed by atoms with Gasteiger partial charge in [-0.2, -0.15) is 4.98 Å². The molecule has 4 aliphatic rings. The zero-order valence-corrected chi connectivity index (χ0v) is 43.7. The van der Waals surface area contributed by atoms with E-state index in [1.165, 1.54) is 52.1 Å². The number of H-pyrrole nitrogens is 3. The molecule has 16 atom stereocenters. The number of aldehydes is 1. The third-order valence-corrected chi connectivity index (χ3v) is 15.5. The van der Waals surface area contributed by atoms with Crippen LogP contribution in [0, 0.1) is 48.9 Å². The van der Waals surface area contributed by atoms with Crippen molar-refractivity contribution >= 4 is 58.5 Å². The summed E-state index contributed by atoms with van der Waals surface area (Å²) in [4.78, 5) is 101. The van der Waals surface area contributed by atoms with E-state index in [1.807, 2.05) is 32.7 Å². The molecular weight excluding hydrogens is 1090 g/mol. The van der Waals surface area contributed by atoms with Gasteiger partial charge in [-0.3, -0.25) is 47.6 Å². The summed E-state index contributed by atoms with van der Waals surface area (Å²) in [5.41, 5.74) is -3.84. The van der Waals surface area contributed by atoms with Gasteiger partial charge in [0.25, 0.3) is 16.7 Å². The van der Waals surface area contributed by atoms with Crippen LogP contribution in [0.5, 0.6) is 0 Å². The van der Waals surface area contributed by atoms with Crippen LogP contribution in [0.15, 0.2) is 82.6 Å². The minimum absolute atomic E-state index is 0.0521. The van der Waals surface area contributed by atoms with Gasteiger partial charge < -0.3 is 49.9 Å². The van der Waals surface area contributed by atoms with Crippen molar-refractivity contribution in [3.8, 4) is 37.0 Å². The van der Waals surface area contributed by atoms with E-state index in [9.17, 15) is 58.8 Å². The van der Waals surface area contributed by atoms with E-state index >= 15 is 0 Å². The van der Waals surface area contributed by atoms with Gasteiger partial charge in [-0.1, -0.05) is 45.5 Å². The molecule has 4 fully saturated rings. The molecule has 0 bridgehead atoms. The fraction of sp³-hybridized carbons (Fsp3) is 0.511. The molecule has 0 aliphatic carbocycles. The Morgan fingerprint density at radius 1 is 0.605 bits per heavy atom. The molecule has 8 rings (SSSR count). The number of hydrogen-bond donors (Lipinski definition) is 8. The summed E-state index contributed by atoms with van der Waals surface area (Å²) in [5, 5.41) is 35.4. The van der Waals surface area contributed by atoms with Crippen molar-refractivity contribution in [2.24, 2.45) is 11.8 Å². The number of nitrogens with two attached hydrogens (primary N) is 1. The maximum absolute atomic E-state index is 11.8. The minimum Gasteiger partial charge on any atom is -0.392 e. The number of ether oxygens (including phenoxy) is 4. The Hall–Kier alpha value is -6.09. The first-order chi connectivity index (χ1) is 35.8. The predicted molar refractivity (Wildman–Crippen MR) is 275 cm³/mol. The number of hydrogen-bond acceptors (Lipinski definition) is 18. The van der Waals surface area contributed by atoms with Gasteiger partial charge in [0, 0.05) is 54.8 Å². The highest BCUT2D eigenvalue weighted by atomic mass is 35.5. The number of aromatic amines is 3. The van der Waals surface area contributed by atoms with Crippen LogP contribution in [-0.4, -0.2) is 134 Å². The highest BCUT2D eigenvalue weighted by molar-refractivity contribution is 6.22. The number of carbonyl (C=O) groups excluding carboxylic acids is 1. The third kappa shape index (κ3) is 11.6. The average Bonchev–Trinajstić information content (AvgIpc) is 4.01. The van der Waals surface area contributed by atoms with Crippen molar-refractivity contribution in [3.05, 3.63) is 122 Å². The first-order valence-electron chi connectivity index (χ1n) is 22.8. The lowest BCUT2D eigenvalue weighted by Crippen LogP contribution is -2.43. The minimum atomic E-state index is -1.67. The number of nitrogen functional groups attached to an aromatic ring is 1. The van der Waals surface area contributed by atoms with Crippen molar-refractivity contribution in [1.82, 2.24) is 38.2 Å². The lowest BCUT2D eigenvalue weighted by atomic mass is 9.87. The second-order valence-electron chi connectivity index (χ2n) is 17.6. The number of carbonyl (C=O) groups is 1. The fourth-order valence-electron chi connectivity index (χ4n) is 8.56. The zero-order valence-electron chi connectivity index (χ0n) is 40.7. The van der Waals surface area contributed by atoms with Crippen molar-refractivity contribution in [2.75, 3.05) is 18.9 Å². The molecule has 4 aromatic rings. The van der Waals surface area contributed by atoms with Crippen LogP contribution in [0.3, 0.4) is 0 Å². The Morgan fingerprint density at radius 2 is 0.961 bits per heavy atom. The Morgan fingerprint density at radius 3 is 1.26 bits per heavy atom. The SMILES string of the molecule is C#C[C@]1(CC)O[C@@H](n2ccc(=O)[nH]c2=O)[C@H](Cl)[C@@H]1C.C#C[C@]1(CO)O[C@@H](n2ccc(=O)[nH]c2=O)[C@H](Cl)[C@@H]1O.C#C[C@]1(CO)O[C@@H](n2ccc(N)nc2=O)[C@H](Cl)[C@@H]1O.CC[C@@]1(C=O)O[C@@H](n2ccc(=O)[nH]c2=O)[C@H](Cl)[C@@H]1C. The molecule has 4 aliphatic heterocycles. The van der Waals surface area contributed by atoms with E-state index in [-0.39, 0.29) is 17.7 Å². The normalized spacial score (nSPS) is 34.2. The summed E-state index contributed by atoms with van der Waals surface area (Å²) in [5.74, 6) is 6.67. The topological polar surface area (TPSA) is 360 Å². The predicted octanol–water partition coefficient (Wildman–Crippen LogP) is -1.17. The molecule has 410 valence electrons. The number of aliphatic hydroxyl groups is 4. The molecule has 8 heterocycles. The van der Waals surface area contributed by atoms with Crippen LogP contribution in [0.4, 0.5) is 5.82 Å². The van der Waals surface area contributed by atoms with Gasteiger partial charge in [-0.25, -0.2) is 19.2 Å². The van der Waals surface area contributed by atoms with Crippen LogP contribution in [-0.2, 0) is 23.7 Å². The van der Waals surface area contributed by atoms with E-state index < -0.39 is 134 Å². The van der Waals surface area contributed by atoms with Crippen LogP contribution in [0.1, 0.15) is 65.4 Å². The van der Waals surface area contributed by atoms with E-state index in [2.05, 4.69) is 32.7 Å². The molecule has 4 aromatic heterocycles. The van der Waals surface area contributed by atoms with Gasteiger partial charge in [-0.15, -0.1) is 65.7 Å². The lowest BCUT2D eigenvalue weighted by Gasteiger charge is -2.25. The number of alkyl halides is 4. The number of terminal acetylenes is 3. The van der Waals surface area contributed by atoms with Gasteiger partial charge in [0.15, 0.2) is 42.4 Å². The zero-order chi connectivity index (χ0) is 56.8. The molecule has 0 amide bonds. The van der Waals surface area contributed by atoms with Gasteiger partial charge in [0.2, 0.25) is 0 Å². The Balaban J connectivity index is 0.000000187. The largest absolute Gasteiger partial charge is 0.392 e. The second kappa shape index (κ2) is 24.5. The van der Waals surface area contributed by atoms with Crippen LogP contribution < -0.4 is 45.2 Å². The van der Waals surface area contributed by atoms with Gasteiger partial charge in [0.05, 0.1) is 24.0 Å². The smallest absolute Gasteiger partial charge is 0.351 e. The number of nitrogens with one attached hydrogen (secondary N) is 3. The van der Waals surface area contributed by atoms with Gasteiger partial charge in [-0.05, 0) is 18.9 Å². The molecule has 76 heavy (non-hydrogen) atoms. The van der Waals surface area contributed by atoms with Crippen molar-refractivity contribution < 1.29 is 44.2 Å². The molecule has 9 N–H and O–H groups in total. The summed E-state index contributed by atoms with van der Waals surface area (Å²) < 4.78 is 26.8. The molecule has 0 aromatic carbocycles. The highest BCUT2D eigenvalue weighted by Crippen LogP contribution is 2.46. The molecule has 29 heteroatoms. The summed E-state index contributed by atoms with van der Waals surface area (Å²) in [6.45, 7) is 6.18. The number of aromatic nitrogens is 8. The highest BCUT2D eigenvalue weighted by Gasteiger charge is 2.56. The number of nitrogens with zero attached hydrogens (tertiary/aromatic N) is 5. The number of anilines is 1. The molecular formula is C47H53Cl4N9O16. The molecule has 0 spiro atoms. The number of halogens is 4. The summed E-state index contributed by atoms with van der Waals surface area (Å²) in [6.07, 6.45) is 16.8. The Bertz CT molecular complexity index is 3200. The quantitative estimate of drug-likeness (QED) is 0.0556. The first kappa shape index (κ1) is 60.8. The molecule has 4 saturated heterocycles. The number of rotatable bonds is 9. The maximum atomic E-state index is 11.8. The summed E-state index contributed by atoms with van der Waals surface area (Å²) in [7, 11) is 0. The van der Waals surface area contributed by atoms with Gasteiger partial charge in [0.1, 0.15) is 40.0 Å². The van der Waals surface area contributed by atoms with Crippen LogP contribution >= 0.6 is 46.4 Å². The standard InChI is InChI=1S/C13H15ClN2O3.C12H15ClN2O4.C11H12ClN3O4.C11H11ClN2O5/c1-4-13(5-2)8(3)10(14)11(19-13)16-7-6-9(17)15-12(16)18;1-3-12(6-16)7(2)9(13)10(19-12)15-5-4-8(17)14-11(15)18;1-2-11(5-16)8(17)7(12)9(19-11)15-4-3-6(13)14-10(15)18;1-2-11(5-15)8(17)7(12)9(19-11)14-4-3-6(16)13-10(14)18/h1,6-8,10-11H,5H2,2-3H3,(H,15,17,18);4-7,9-10H,3H2,1-2H3,(H,14,17,18);1,3-4,7-9,16-17H,5H2,(H2,13,14,18);1,3-4,7-9,15,17H,5H2,(H,13,16,18)/t8-,10+,11+,13+;7-,9+,10+,12-;2*7-,8+,9-,11-/m0011/s1.